The topological polar surface area (TPSA) is 55.6 Å². The molecule has 0 spiro atoms. The molecule has 4 heteroatoms. The van der Waals surface area contributed by atoms with Gasteiger partial charge in [-0.3, -0.25) is 0 Å². The summed E-state index contributed by atoms with van der Waals surface area (Å²) >= 11 is 0. The van der Waals surface area contributed by atoms with E-state index in [-0.39, 0.29) is 5.97 Å². The number of nitrogen functional groups attached to an aromatic ring is 1. The lowest BCUT2D eigenvalue weighted by atomic mass is 10.1. The van der Waals surface area contributed by atoms with E-state index in [1.165, 1.54) is 32.1 Å². The number of carbonyl (C=O) groups is 1. The maximum Gasteiger partial charge on any atom is 0.340 e. The van der Waals surface area contributed by atoms with Gasteiger partial charge in [-0.05, 0) is 38.0 Å². The van der Waals surface area contributed by atoms with Crippen molar-refractivity contribution in [2.24, 2.45) is 0 Å². The first-order valence-electron chi connectivity index (χ1n) is 7.54. The van der Waals surface area contributed by atoms with Crippen molar-refractivity contribution in [1.82, 2.24) is 0 Å². The number of benzene rings is 1. The van der Waals surface area contributed by atoms with Gasteiger partial charge < -0.3 is 15.4 Å². The highest BCUT2D eigenvalue weighted by Gasteiger charge is 2.18. The highest BCUT2D eigenvalue weighted by Crippen LogP contribution is 2.26. The van der Waals surface area contributed by atoms with Crippen LogP contribution in [0.1, 0.15) is 49.4 Å². The summed E-state index contributed by atoms with van der Waals surface area (Å²) in [7, 11) is 0. The molecule has 0 saturated carbocycles. The van der Waals surface area contributed by atoms with Crippen LogP contribution in [0.4, 0.5) is 11.4 Å². The van der Waals surface area contributed by atoms with Crippen LogP contribution in [0, 0.1) is 0 Å². The molecular formula is C16H24N2O2. The Bertz CT molecular complexity index is 452. The molecule has 1 saturated heterocycles. The SMILES string of the molecule is CCOC(=O)c1cc(N)ccc1N1CCCCCCC1. The highest BCUT2D eigenvalue weighted by molar-refractivity contribution is 5.97. The highest BCUT2D eigenvalue weighted by atomic mass is 16.5. The summed E-state index contributed by atoms with van der Waals surface area (Å²) in [5, 5.41) is 0. The number of anilines is 2. The monoisotopic (exact) mass is 276 g/mol. The number of ether oxygens (including phenoxy) is 1. The Kier molecular flexibility index (Phi) is 5.27. The average Bonchev–Trinajstić information content (AvgIpc) is 2.39. The minimum atomic E-state index is -0.281. The molecule has 2 rings (SSSR count). The van der Waals surface area contributed by atoms with Crippen molar-refractivity contribution in [2.45, 2.75) is 39.0 Å². The molecule has 1 aromatic carbocycles. The molecule has 1 aliphatic rings. The quantitative estimate of drug-likeness (QED) is 0.680. The van der Waals surface area contributed by atoms with Crippen LogP contribution in [0.25, 0.3) is 0 Å². The lowest BCUT2D eigenvalue weighted by Crippen LogP contribution is -2.29. The van der Waals surface area contributed by atoms with Gasteiger partial charge in [0, 0.05) is 18.8 Å². The van der Waals surface area contributed by atoms with Crippen molar-refractivity contribution in [3.8, 4) is 0 Å². The van der Waals surface area contributed by atoms with E-state index in [1.54, 1.807) is 6.07 Å². The van der Waals surface area contributed by atoms with Gasteiger partial charge in [-0.15, -0.1) is 0 Å². The summed E-state index contributed by atoms with van der Waals surface area (Å²) in [4.78, 5) is 14.4. The van der Waals surface area contributed by atoms with Gasteiger partial charge in [0.2, 0.25) is 0 Å². The Morgan fingerprint density at radius 1 is 1.20 bits per heavy atom. The van der Waals surface area contributed by atoms with Gasteiger partial charge in [0.05, 0.1) is 17.9 Å². The van der Waals surface area contributed by atoms with Crippen LogP contribution in [-0.4, -0.2) is 25.7 Å². The molecule has 0 radical (unpaired) electrons. The summed E-state index contributed by atoms with van der Waals surface area (Å²) < 4.78 is 5.15. The normalized spacial score (nSPS) is 16.4. The number of esters is 1. The zero-order valence-electron chi connectivity index (χ0n) is 12.2. The molecule has 1 aliphatic heterocycles. The van der Waals surface area contributed by atoms with Crippen LogP contribution >= 0.6 is 0 Å². The fourth-order valence-electron chi connectivity index (χ4n) is 2.69. The maximum atomic E-state index is 12.1. The first-order valence-corrected chi connectivity index (χ1v) is 7.54. The summed E-state index contributed by atoms with van der Waals surface area (Å²) in [6, 6.07) is 5.53. The van der Waals surface area contributed by atoms with E-state index in [9.17, 15) is 4.79 Å². The summed E-state index contributed by atoms with van der Waals surface area (Å²) in [6.07, 6.45) is 6.19. The summed E-state index contributed by atoms with van der Waals surface area (Å²) in [6.45, 7) is 4.19. The lowest BCUT2D eigenvalue weighted by Gasteiger charge is -2.28. The van der Waals surface area contributed by atoms with E-state index in [2.05, 4.69) is 4.90 Å². The molecule has 0 bridgehead atoms. The first-order chi connectivity index (χ1) is 9.72. The zero-order chi connectivity index (χ0) is 14.4. The summed E-state index contributed by atoms with van der Waals surface area (Å²) in [5.41, 5.74) is 7.97. The number of hydrogen-bond acceptors (Lipinski definition) is 4. The average molecular weight is 276 g/mol. The maximum absolute atomic E-state index is 12.1. The number of nitrogens with two attached hydrogens (primary N) is 1. The molecule has 20 heavy (non-hydrogen) atoms. The zero-order valence-corrected chi connectivity index (χ0v) is 12.2. The first kappa shape index (κ1) is 14.7. The minimum absolute atomic E-state index is 0.281. The van der Waals surface area contributed by atoms with Crippen LogP contribution in [0.5, 0.6) is 0 Å². The number of hydrogen-bond donors (Lipinski definition) is 1. The van der Waals surface area contributed by atoms with Gasteiger partial charge in [-0.2, -0.15) is 0 Å². The Hall–Kier alpha value is -1.71. The third kappa shape index (κ3) is 3.65. The van der Waals surface area contributed by atoms with Crippen LogP contribution in [0.3, 0.4) is 0 Å². The number of rotatable bonds is 3. The molecule has 0 atom stereocenters. The van der Waals surface area contributed by atoms with Crippen molar-refractivity contribution in [2.75, 3.05) is 30.3 Å². The fraction of sp³-hybridized carbons (Fsp3) is 0.562. The summed E-state index contributed by atoms with van der Waals surface area (Å²) in [5.74, 6) is -0.281. The Balaban J connectivity index is 2.26. The smallest absolute Gasteiger partial charge is 0.340 e. The third-order valence-electron chi connectivity index (χ3n) is 3.71. The number of nitrogens with zero attached hydrogens (tertiary/aromatic N) is 1. The minimum Gasteiger partial charge on any atom is -0.462 e. The third-order valence-corrected chi connectivity index (χ3v) is 3.71. The Labute approximate surface area is 120 Å². The molecule has 0 unspecified atom stereocenters. The van der Waals surface area contributed by atoms with Crippen LogP contribution in [-0.2, 0) is 4.74 Å². The van der Waals surface area contributed by atoms with Gasteiger partial charge in [-0.1, -0.05) is 19.3 Å². The Morgan fingerprint density at radius 2 is 1.85 bits per heavy atom. The second kappa shape index (κ2) is 7.17. The molecule has 1 aromatic rings. The molecule has 2 N–H and O–H groups in total. The predicted octanol–water partition coefficient (Wildman–Crippen LogP) is 3.22. The van der Waals surface area contributed by atoms with Gasteiger partial charge in [-0.25, -0.2) is 4.79 Å². The van der Waals surface area contributed by atoms with E-state index in [0.29, 0.717) is 17.9 Å². The van der Waals surface area contributed by atoms with E-state index in [4.69, 9.17) is 10.5 Å². The largest absolute Gasteiger partial charge is 0.462 e. The van der Waals surface area contributed by atoms with Crippen molar-refractivity contribution < 1.29 is 9.53 Å². The fourth-order valence-corrected chi connectivity index (χ4v) is 2.69. The van der Waals surface area contributed by atoms with Gasteiger partial charge in [0.15, 0.2) is 0 Å². The molecule has 110 valence electrons. The van der Waals surface area contributed by atoms with Crippen LogP contribution < -0.4 is 10.6 Å². The molecule has 0 aliphatic carbocycles. The van der Waals surface area contributed by atoms with E-state index >= 15 is 0 Å². The van der Waals surface area contributed by atoms with Gasteiger partial charge in [0.25, 0.3) is 0 Å². The van der Waals surface area contributed by atoms with E-state index < -0.39 is 0 Å². The van der Waals surface area contributed by atoms with E-state index in [0.717, 1.165) is 18.8 Å². The second-order valence-electron chi connectivity index (χ2n) is 5.25. The molecule has 0 amide bonds. The van der Waals surface area contributed by atoms with Crippen LogP contribution in [0.15, 0.2) is 18.2 Å². The molecule has 4 nitrogen and oxygen atoms in total. The van der Waals surface area contributed by atoms with Crippen molar-refractivity contribution in [3.63, 3.8) is 0 Å². The van der Waals surface area contributed by atoms with Crippen LogP contribution in [0.2, 0.25) is 0 Å². The molecular weight excluding hydrogens is 252 g/mol. The standard InChI is InChI=1S/C16H24N2O2/c1-2-20-16(19)14-12-13(17)8-9-15(14)18-10-6-4-3-5-7-11-18/h8-9,12H,2-7,10-11,17H2,1H3. The van der Waals surface area contributed by atoms with Crippen molar-refractivity contribution >= 4 is 17.3 Å². The Morgan fingerprint density at radius 3 is 2.50 bits per heavy atom. The molecule has 1 heterocycles. The van der Waals surface area contributed by atoms with Crippen molar-refractivity contribution in [1.29, 1.82) is 0 Å². The molecule has 1 fully saturated rings. The van der Waals surface area contributed by atoms with Gasteiger partial charge in [0.1, 0.15) is 0 Å². The van der Waals surface area contributed by atoms with E-state index in [1.807, 2.05) is 19.1 Å². The molecule has 0 aromatic heterocycles. The van der Waals surface area contributed by atoms with Gasteiger partial charge >= 0.3 is 5.97 Å². The van der Waals surface area contributed by atoms with Crippen molar-refractivity contribution in [3.05, 3.63) is 23.8 Å². The lowest BCUT2D eigenvalue weighted by molar-refractivity contribution is 0.0527. The second-order valence-corrected chi connectivity index (χ2v) is 5.25. The predicted molar refractivity (Wildman–Crippen MR) is 82.1 cm³/mol. The number of carbonyl (C=O) groups excluding carboxylic acids is 1.